The van der Waals surface area contributed by atoms with E-state index in [1.165, 1.54) is 17.3 Å². The van der Waals surface area contributed by atoms with E-state index in [4.69, 9.17) is 0 Å². The summed E-state index contributed by atoms with van der Waals surface area (Å²) in [6, 6.07) is 11.8. The molecule has 1 saturated heterocycles. The zero-order chi connectivity index (χ0) is 15.5. The number of likely N-dealkylation sites (N-methyl/N-ethyl adjacent to an activating group) is 1. The molecule has 0 radical (unpaired) electrons. The number of hydrogen-bond acceptors (Lipinski definition) is 4. The summed E-state index contributed by atoms with van der Waals surface area (Å²) in [5.74, 6) is -0.0341. The standard InChI is InChI=1S/C17H15N3OS/c1-12-5-7-13(8-6-12)10-15-16(21)20(2)17(22-15)19-14-4-3-9-18-11-14/h3-11H,1-2H3/b15-10-,19-17?. The Bertz CT molecular complexity index is 751. The van der Waals surface area contributed by atoms with E-state index in [-0.39, 0.29) is 5.91 Å². The second-order valence-electron chi connectivity index (χ2n) is 4.99. The lowest BCUT2D eigenvalue weighted by atomic mass is 10.1. The molecule has 22 heavy (non-hydrogen) atoms. The fourth-order valence-electron chi connectivity index (χ4n) is 2.00. The molecule has 1 aliphatic heterocycles. The summed E-state index contributed by atoms with van der Waals surface area (Å²) in [7, 11) is 1.74. The molecule has 0 aliphatic carbocycles. The van der Waals surface area contributed by atoms with Gasteiger partial charge >= 0.3 is 0 Å². The molecule has 0 atom stereocenters. The fourth-order valence-corrected chi connectivity index (χ4v) is 2.98. The number of aromatic nitrogens is 1. The topological polar surface area (TPSA) is 45.6 Å². The summed E-state index contributed by atoms with van der Waals surface area (Å²) >= 11 is 1.38. The molecule has 5 heteroatoms. The maximum absolute atomic E-state index is 12.3. The Hall–Kier alpha value is -2.40. The predicted molar refractivity (Wildman–Crippen MR) is 90.8 cm³/mol. The van der Waals surface area contributed by atoms with E-state index in [0.29, 0.717) is 10.1 Å². The van der Waals surface area contributed by atoms with Crippen molar-refractivity contribution < 1.29 is 4.79 Å². The zero-order valence-electron chi connectivity index (χ0n) is 12.4. The van der Waals surface area contributed by atoms with Gasteiger partial charge in [-0.3, -0.25) is 14.7 Å². The number of aryl methyl sites for hydroxylation is 1. The van der Waals surface area contributed by atoms with Crippen molar-refractivity contribution in [2.75, 3.05) is 7.05 Å². The molecule has 1 aromatic heterocycles. The monoisotopic (exact) mass is 309 g/mol. The lowest BCUT2D eigenvalue weighted by Crippen LogP contribution is -2.23. The minimum Gasteiger partial charge on any atom is -0.290 e. The Morgan fingerprint density at radius 2 is 2.00 bits per heavy atom. The van der Waals surface area contributed by atoms with Crippen molar-refractivity contribution in [3.05, 3.63) is 64.8 Å². The van der Waals surface area contributed by atoms with Crippen molar-refractivity contribution in [2.24, 2.45) is 4.99 Å². The summed E-state index contributed by atoms with van der Waals surface area (Å²) in [4.78, 5) is 23.1. The Kier molecular flexibility index (Phi) is 4.06. The van der Waals surface area contributed by atoms with E-state index >= 15 is 0 Å². The van der Waals surface area contributed by atoms with Gasteiger partial charge in [-0.15, -0.1) is 0 Å². The number of pyridine rings is 1. The maximum Gasteiger partial charge on any atom is 0.266 e. The first-order valence-electron chi connectivity index (χ1n) is 6.86. The first kappa shape index (κ1) is 14.5. The van der Waals surface area contributed by atoms with Gasteiger partial charge in [0.05, 0.1) is 16.8 Å². The van der Waals surface area contributed by atoms with Crippen LogP contribution in [0.4, 0.5) is 5.69 Å². The number of rotatable bonds is 2. The molecule has 1 aromatic carbocycles. The summed E-state index contributed by atoms with van der Waals surface area (Å²) in [6.07, 6.45) is 5.27. The van der Waals surface area contributed by atoms with Crippen molar-refractivity contribution >= 4 is 34.6 Å². The Balaban J connectivity index is 1.88. The van der Waals surface area contributed by atoms with Crippen molar-refractivity contribution in [2.45, 2.75) is 6.92 Å². The SMILES string of the molecule is Cc1ccc(/C=C2\SC(=Nc3cccnc3)N(C)C2=O)cc1. The number of thioether (sulfide) groups is 1. The lowest BCUT2D eigenvalue weighted by molar-refractivity contribution is -0.121. The van der Waals surface area contributed by atoms with Crippen LogP contribution in [0, 0.1) is 6.92 Å². The number of carbonyl (C=O) groups excluding carboxylic acids is 1. The minimum atomic E-state index is -0.0341. The van der Waals surface area contributed by atoms with Crippen LogP contribution in [-0.4, -0.2) is 28.0 Å². The van der Waals surface area contributed by atoms with Gasteiger partial charge in [0, 0.05) is 13.2 Å². The quantitative estimate of drug-likeness (QED) is 0.796. The van der Waals surface area contributed by atoms with E-state index < -0.39 is 0 Å². The molecular formula is C17H15N3OS. The molecule has 0 unspecified atom stereocenters. The van der Waals surface area contributed by atoms with Crippen LogP contribution in [-0.2, 0) is 4.79 Å². The van der Waals surface area contributed by atoms with Gasteiger partial charge in [0.25, 0.3) is 5.91 Å². The highest BCUT2D eigenvalue weighted by Gasteiger charge is 2.30. The smallest absolute Gasteiger partial charge is 0.266 e. The van der Waals surface area contributed by atoms with Crippen molar-refractivity contribution in [1.29, 1.82) is 0 Å². The molecule has 110 valence electrons. The average molecular weight is 309 g/mol. The molecule has 2 aromatic rings. The van der Waals surface area contributed by atoms with Gasteiger partial charge in [-0.25, -0.2) is 4.99 Å². The van der Waals surface area contributed by atoms with Gasteiger partial charge in [0.15, 0.2) is 5.17 Å². The van der Waals surface area contributed by atoms with Crippen molar-refractivity contribution in [3.63, 3.8) is 0 Å². The molecule has 1 amide bonds. The van der Waals surface area contributed by atoms with E-state index in [0.717, 1.165) is 11.3 Å². The average Bonchev–Trinajstić information content (AvgIpc) is 2.79. The summed E-state index contributed by atoms with van der Waals surface area (Å²) in [6.45, 7) is 2.04. The maximum atomic E-state index is 12.3. The number of benzene rings is 1. The minimum absolute atomic E-state index is 0.0341. The Morgan fingerprint density at radius 1 is 1.23 bits per heavy atom. The van der Waals surface area contributed by atoms with Crippen LogP contribution >= 0.6 is 11.8 Å². The van der Waals surface area contributed by atoms with Gasteiger partial charge in [0.1, 0.15) is 0 Å². The second-order valence-corrected chi connectivity index (χ2v) is 6.00. The van der Waals surface area contributed by atoms with Gasteiger partial charge < -0.3 is 0 Å². The van der Waals surface area contributed by atoms with E-state index in [1.54, 1.807) is 24.3 Å². The number of amidine groups is 1. The van der Waals surface area contributed by atoms with Crippen molar-refractivity contribution in [1.82, 2.24) is 9.88 Å². The normalized spacial score (nSPS) is 18.5. The van der Waals surface area contributed by atoms with E-state index in [9.17, 15) is 4.79 Å². The number of hydrogen-bond donors (Lipinski definition) is 0. The highest BCUT2D eigenvalue weighted by molar-refractivity contribution is 8.18. The molecule has 0 saturated carbocycles. The third-order valence-corrected chi connectivity index (χ3v) is 4.31. The highest BCUT2D eigenvalue weighted by Crippen LogP contribution is 2.32. The largest absolute Gasteiger partial charge is 0.290 e. The van der Waals surface area contributed by atoms with E-state index in [1.807, 2.05) is 49.4 Å². The Morgan fingerprint density at radius 3 is 2.68 bits per heavy atom. The Labute approximate surface area is 133 Å². The molecule has 2 heterocycles. The van der Waals surface area contributed by atoms with Gasteiger partial charge in [0.2, 0.25) is 0 Å². The molecule has 1 fully saturated rings. The number of nitrogens with zero attached hydrogens (tertiary/aromatic N) is 3. The summed E-state index contributed by atoms with van der Waals surface area (Å²) in [5.41, 5.74) is 2.95. The van der Waals surface area contributed by atoms with Gasteiger partial charge in [-0.05, 0) is 42.5 Å². The van der Waals surface area contributed by atoms with Crippen LogP contribution in [0.15, 0.2) is 58.7 Å². The number of carbonyl (C=O) groups is 1. The van der Waals surface area contributed by atoms with Crippen LogP contribution in [0.2, 0.25) is 0 Å². The fraction of sp³-hybridized carbons (Fsp3) is 0.118. The lowest BCUT2D eigenvalue weighted by Gasteiger charge is -2.06. The van der Waals surface area contributed by atoms with Gasteiger partial charge in [-0.1, -0.05) is 29.8 Å². The molecular weight excluding hydrogens is 294 g/mol. The molecule has 1 aliphatic rings. The third-order valence-electron chi connectivity index (χ3n) is 3.25. The first-order chi connectivity index (χ1) is 10.6. The molecule has 0 spiro atoms. The van der Waals surface area contributed by atoms with Crippen LogP contribution in [0.5, 0.6) is 0 Å². The predicted octanol–water partition coefficient (Wildman–Crippen LogP) is 3.62. The van der Waals surface area contributed by atoms with Crippen LogP contribution < -0.4 is 0 Å². The van der Waals surface area contributed by atoms with Crippen LogP contribution in [0.3, 0.4) is 0 Å². The third kappa shape index (κ3) is 3.09. The molecule has 3 rings (SSSR count). The molecule has 0 N–H and O–H groups in total. The summed E-state index contributed by atoms with van der Waals surface area (Å²) < 4.78 is 0. The zero-order valence-corrected chi connectivity index (χ0v) is 13.2. The first-order valence-corrected chi connectivity index (χ1v) is 7.68. The molecule has 0 bridgehead atoms. The van der Waals surface area contributed by atoms with Gasteiger partial charge in [-0.2, -0.15) is 0 Å². The summed E-state index contributed by atoms with van der Waals surface area (Å²) in [5, 5.41) is 0.663. The van der Waals surface area contributed by atoms with E-state index in [2.05, 4.69) is 9.98 Å². The highest BCUT2D eigenvalue weighted by atomic mass is 32.2. The number of amides is 1. The van der Waals surface area contributed by atoms with Crippen molar-refractivity contribution in [3.8, 4) is 0 Å². The second kappa shape index (κ2) is 6.15. The van der Waals surface area contributed by atoms with Crippen LogP contribution in [0.1, 0.15) is 11.1 Å². The molecule has 4 nitrogen and oxygen atoms in total. The van der Waals surface area contributed by atoms with Crippen LogP contribution in [0.25, 0.3) is 6.08 Å². The number of aliphatic imine (C=N–C) groups is 1.